The number of aromatic nitrogens is 3. The van der Waals surface area contributed by atoms with E-state index in [1.54, 1.807) is 12.1 Å². The van der Waals surface area contributed by atoms with E-state index in [2.05, 4.69) is 15.0 Å². The number of halogens is 2. The molecule has 1 atom stereocenters. The second kappa shape index (κ2) is 6.90. The Bertz CT molecular complexity index is 888. The van der Waals surface area contributed by atoms with Crippen LogP contribution in [0.4, 0.5) is 4.39 Å². The van der Waals surface area contributed by atoms with Crippen molar-refractivity contribution in [1.82, 2.24) is 19.5 Å². The van der Waals surface area contributed by atoms with Gasteiger partial charge in [0.1, 0.15) is 12.1 Å². The van der Waals surface area contributed by atoms with Crippen LogP contribution in [-0.2, 0) is 0 Å². The molecular formula is C17H18ClFN4OS. The highest BCUT2D eigenvalue weighted by molar-refractivity contribution is 7.17. The van der Waals surface area contributed by atoms with Gasteiger partial charge in [0.2, 0.25) is 10.8 Å². The van der Waals surface area contributed by atoms with Crippen LogP contribution in [0.1, 0.15) is 42.2 Å². The average molecular weight is 381 g/mol. The van der Waals surface area contributed by atoms with Gasteiger partial charge in [0.25, 0.3) is 0 Å². The number of hydrogen-bond acceptors (Lipinski definition) is 5. The van der Waals surface area contributed by atoms with Crippen molar-refractivity contribution in [1.29, 1.82) is 0 Å². The molecule has 2 aromatic heterocycles. The fourth-order valence-electron chi connectivity index (χ4n) is 3.44. The number of likely N-dealkylation sites (tertiary alicyclic amines) is 1. The van der Waals surface area contributed by atoms with Gasteiger partial charge in [-0.05, 0) is 43.6 Å². The van der Waals surface area contributed by atoms with Crippen molar-refractivity contribution >= 4 is 27.9 Å². The lowest BCUT2D eigenvalue weighted by molar-refractivity contribution is 0.232. The molecule has 0 bridgehead atoms. The number of nitrogens with zero attached hydrogens (tertiary/aromatic N) is 4. The minimum absolute atomic E-state index is 0.0900. The van der Waals surface area contributed by atoms with E-state index in [1.807, 2.05) is 0 Å². The maximum atomic E-state index is 13.7. The van der Waals surface area contributed by atoms with Gasteiger partial charge in [0.15, 0.2) is 0 Å². The summed E-state index contributed by atoms with van der Waals surface area (Å²) in [6.07, 6.45) is 6.04. The number of hydrogen-bond donors (Lipinski definition) is 1. The Morgan fingerprint density at radius 2 is 1.96 bits per heavy atom. The first-order valence-electron chi connectivity index (χ1n) is 8.35. The first kappa shape index (κ1) is 16.8. The molecule has 0 radical (unpaired) electrons. The van der Waals surface area contributed by atoms with Crippen molar-refractivity contribution in [3.8, 4) is 5.88 Å². The molecule has 1 fully saturated rings. The van der Waals surface area contributed by atoms with Gasteiger partial charge in [0, 0.05) is 0 Å². The summed E-state index contributed by atoms with van der Waals surface area (Å²) in [4.78, 5) is 7.92. The zero-order valence-electron chi connectivity index (χ0n) is 13.5. The second-order valence-corrected chi connectivity index (χ2v) is 7.69. The van der Waals surface area contributed by atoms with Crippen LogP contribution >= 0.6 is 22.9 Å². The standard InChI is InChI=1S/C17H18ClFN4OS/c18-12-9-11(5-6-13(12)19)14(22-7-3-1-2-4-8-22)15-16(24)23-17(25-15)20-10-21-23/h5-6,9-10,14,24H,1-4,7-8H2. The lowest BCUT2D eigenvalue weighted by Gasteiger charge is -2.30. The molecule has 0 saturated carbocycles. The third kappa shape index (κ3) is 3.12. The molecule has 4 rings (SSSR count). The Morgan fingerprint density at radius 3 is 2.64 bits per heavy atom. The quantitative estimate of drug-likeness (QED) is 0.737. The van der Waals surface area contributed by atoms with Crippen LogP contribution in [0, 0.1) is 5.82 Å². The molecule has 1 N–H and O–H groups in total. The van der Waals surface area contributed by atoms with Gasteiger partial charge in [-0.2, -0.15) is 9.61 Å². The van der Waals surface area contributed by atoms with E-state index in [-0.39, 0.29) is 16.9 Å². The maximum Gasteiger partial charge on any atom is 0.230 e. The summed E-state index contributed by atoms with van der Waals surface area (Å²) in [6.45, 7) is 1.85. The molecule has 1 saturated heterocycles. The number of rotatable bonds is 3. The molecule has 1 aliphatic heterocycles. The molecule has 132 valence electrons. The van der Waals surface area contributed by atoms with E-state index in [0.29, 0.717) is 4.96 Å². The molecule has 8 heteroatoms. The van der Waals surface area contributed by atoms with E-state index in [4.69, 9.17) is 11.6 Å². The summed E-state index contributed by atoms with van der Waals surface area (Å²) in [5.74, 6) is -0.348. The lowest BCUT2D eigenvalue weighted by Crippen LogP contribution is -2.30. The van der Waals surface area contributed by atoms with Gasteiger partial charge in [0.05, 0.1) is 15.9 Å². The molecule has 3 aromatic rings. The van der Waals surface area contributed by atoms with Crippen molar-refractivity contribution in [3.05, 3.63) is 45.8 Å². The molecule has 1 aliphatic rings. The molecule has 25 heavy (non-hydrogen) atoms. The summed E-state index contributed by atoms with van der Waals surface area (Å²) in [5.41, 5.74) is 0.869. The molecule has 5 nitrogen and oxygen atoms in total. The third-order valence-corrected chi connectivity index (χ3v) is 6.03. The molecular weight excluding hydrogens is 363 g/mol. The first-order valence-corrected chi connectivity index (χ1v) is 9.55. The number of aromatic hydroxyl groups is 1. The molecule has 1 unspecified atom stereocenters. The van der Waals surface area contributed by atoms with Gasteiger partial charge in [-0.25, -0.2) is 9.37 Å². The number of benzene rings is 1. The molecule has 3 heterocycles. The zero-order valence-corrected chi connectivity index (χ0v) is 15.1. The fraction of sp³-hybridized carbons (Fsp3) is 0.412. The summed E-state index contributed by atoms with van der Waals surface area (Å²) in [6, 6.07) is 4.59. The second-order valence-electron chi connectivity index (χ2n) is 6.27. The average Bonchev–Trinajstić information content (AvgIpc) is 3.06. The lowest BCUT2D eigenvalue weighted by atomic mass is 10.0. The highest BCUT2D eigenvalue weighted by atomic mass is 35.5. The van der Waals surface area contributed by atoms with Crippen LogP contribution < -0.4 is 0 Å². The minimum Gasteiger partial charge on any atom is -0.492 e. The Balaban J connectivity index is 1.83. The van der Waals surface area contributed by atoms with E-state index < -0.39 is 5.82 Å². The minimum atomic E-state index is -0.438. The highest BCUT2D eigenvalue weighted by Gasteiger charge is 2.30. The topological polar surface area (TPSA) is 53.7 Å². The van der Waals surface area contributed by atoms with E-state index in [1.165, 1.54) is 41.1 Å². The summed E-state index contributed by atoms with van der Waals surface area (Å²) in [7, 11) is 0. The molecule has 0 aliphatic carbocycles. The van der Waals surface area contributed by atoms with Crippen molar-refractivity contribution in [2.75, 3.05) is 13.1 Å². The SMILES string of the molecule is Oc1c(C(c2ccc(F)c(Cl)c2)N2CCCCCC2)sc2ncnn12. The van der Waals surface area contributed by atoms with Crippen LogP contribution in [-0.4, -0.2) is 37.7 Å². The first-order chi connectivity index (χ1) is 12.1. The van der Waals surface area contributed by atoms with Gasteiger partial charge in [-0.3, -0.25) is 4.90 Å². The number of thiazole rings is 1. The maximum absolute atomic E-state index is 13.7. The van der Waals surface area contributed by atoms with Crippen molar-refractivity contribution in [2.24, 2.45) is 0 Å². The van der Waals surface area contributed by atoms with Gasteiger partial charge < -0.3 is 5.11 Å². The van der Waals surface area contributed by atoms with Crippen molar-refractivity contribution < 1.29 is 9.50 Å². The van der Waals surface area contributed by atoms with Gasteiger partial charge >= 0.3 is 0 Å². The van der Waals surface area contributed by atoms with E-state index in [0.717, 1.165) is 36.4 Å². The Morgan fingerprint density at radius 1 is 1.20 bits per heavy atom. The van der Waals surface area contributed by atoms with Crippen LogP contribution in [0.2, 0.25) is 5.02 Å². The van der Waals surface area contributed by atoms with Crippen molar-refractivity contribution in [2.45, 2.75) is 31.7 Å². The van der Waals surface area contributed by atoms with Crippen LogP contribution in [0.15, 0.2) is 24.5 Å². The predicted octanol–water partition coefficient (Wildman–Crippen LogP) is 4.25. The Labute approximate surface area is 153 Å². The predicted molar refractivity (Wildman–Crippen MR) is 95.8 cm³/mol. The summed E-state index contributed by atoms with van der Waals surface area (Å²) >= 11 is 7.44. The van der Waals surface area contributed by atoms with Crippen molar-refractivity contribution in [3.63, 3.8) is 0 Å². The van der Waals surface area contributed by atoms with E-state index >= 15 is 0 Å². The highest BCUT2D eigenvalue weighted by Crippen LogP contribution is 2.41. The van der Waals surface area contributed by atoms with E-state index in [9.17, 15) is 9.50 Å². The van der Waals surface area contributed by atoms with Gasteiger partial charge in [-0.15, -0.1) is 0 Å². The summed E-state index contributed by atoms with van der Waals surface area (Å²) in [5, 5.41) is 14.8. The molecule has 1 aromatic carbocycles. The van der Waals surface area contributed by atoms with Gasteiger partial charge in [-0.1, -0.05) is 41.8 Å². The largest absolute Gasteiger partial charge is 0.492 e. The fourth-order valence-corrected chi connectivity index (χ4v) is 4.72. The van der Waals surface area contributed by atoms with Crippen LogP contribution in [0.25, 0.3) is 4.96 Å². The third-order valence-electron chi connectivity index (χ3n) is 4.65. The van der Waals surface area contributed by atoms with Crippen LogP contribution in [0.5, 0.6) is 5.88 Å². The monoisotopic (exact) mass is 380 g/mol. The molecule has 0 amide bonds. The smallest absolute Gasteiger partial charge is 0.230 e. The Kier molecular flexibility index (Phi) is 4.62. The normalized spacial score (nSPS) is 17.7. The molecule has 0 spiro atoms. The number of fused-ring (bicyclic) bond motifs is 1. The summed E-state index contributed by atoms with van der Waals surface area (Å²) < 4.78 is 15.1. The zero-order chi connectivity index (χ0) is 17.4. The Hall–Kier alpha value is -1.70. The van der Waals surface area contributed by atoms with Crippen LogP contribution in [0.3, 0.4) is 0 Å².